The van der Waals surface area contributed by atoms with Crippen LogP contribution >= 0.6 is 0 Å². The molecule has 0 spiro atoms. The normalized spacial score (nSPS) is 22.5. The molecule has 0 saturated carbocycles. The molecule has 2 atom stereocenters. The van der Waals surface area contributed by atoms with Crippen LogP contribution < -0.4 is 5.32 Å². The van der Waals surface area contributed by atoms with Crippen molar-refractivity contribution in [2.45, 2.75) is 51.6 Å². The first-order chi connectivity index (χ1) is 7.86. The maximum atomic E-state index is 8.94. The lowest BCUT2D eigenvalue weighted by molar-refractivity contribution is 0.104. The first-order valence-electron chi connectivity index (χ1n) is 6.80. The van der Waals surface area contributed by atoms with E-state index in [9.17, 15) is 0 Å². The van der Waals surface area contributed by atoms with E-state index < -0.39 is 0 Å². The molecule has 1 heterocycles. The van der Waals surface area contributed by atoms with Gasteiger partial charge in [0, 0.05) is 13.2 Å². The minimum Gasteiger partial charge on any atom is -0.396 e. The fourth-order valence-corrected chi connectivity index (χ4v) is 2.38. The Labute approximate surface area is 99.6 Å². The van der Waals surface area contributed by atoms with E-state index in [-0.39, 0.29) is 0 Å². The minimum atomic E-state index is 0.318. The van der Waals surface area contributed by atoms with Gasteiger partial charge >= 0.3 is 0 Å². The third-order valence-corrected chi connectivity index (χ3v) is 3.33. The Bertz CT molecular complexity index is 152. The van der Waals surface area contributed by atoms with Crippen molar-refractivity contribution >= 4 is 0 Å². The Hall–Kier alpha value is -0.120. The van der Waals surface area contributed by atoms with Gasteiger partial charge in [-0.05, 0) is 51.1 Å². The van der Waals surface area contributed by atoms with E-state index in [2.05, 4.69) is 12.2 Å². The van der Waals surface area contributed by atoms with Crippen LogP contribution in [0.2, 0.25) is 0 Å². The van der Waals surface area contributed by atoms with Crippen LogP contribution in [0.3, 0.4) is 0 Å². The molecule has 1 aliphatic heterocycles. The number of hydrogen-bond acceptors (Lipinski definition) is 3. The Morgan fingerprint density at radius 2 is 2.31 bits per heavy atom. The van der Waals surface area contributed by atoms with Crippen molar-refractivity contribution in [2.24, 2.45) is 5.92 Å². The summed E-state index contributed by atoms with van der Waals surface area (Å²) >= 11 is 0. The summed E-state index contributed by atoms with van der Waals surface area (Å²) < 4.78 is 5.57. The molecule has 0 aromatic heterocycles. The van der Waals surface area contributed by atoms with Crippen LogP contribution in [0.15, 0.2) is 0 Å². The summed E-state index contributed by atoms with van der Waals surface area (Å²) in [7, 11) is 0. The Morgan fingerprint density at radius 1 is 1.44 bits per heavy atom. The Kier molecular flexibility index (Phi) is 7.81. The van der Waals surface area contributed by atoms with E-state index in [4.69, 9.17) is 9.84 Å². The van der Waals surface area contributed by atoms with Crippen molar-refractivity contribution in [3.63, 3.8) is 0 Å². The van der Waals surface area contributed by atoms with E-state index in [1.807, 2.05) is 0 Å². The minimum absolute atomic E-state index is 0.318. The summed E-state index contributed by atoms with van der Waals surface area (Å²) in [6.07, 6.45) is 7.45. The third-order valence-electron chi connectivity index (χ3n) is 3.33. The number of nitrogens with one attached hydrogen (secondary N) is 1. The molecular weight excluding hydrogens is 202 g/mol. The molecule has 1 fully saturated rings. The second kappa shape index (κ2) is 8.97. The van der Waals surface area contributed by atoms with Crippen LogP contribution in [-0.2, 0) is 4.74 Å². The molecule has 3 nitrogen and oxygen atoms in total. The fourth-order valence-electron chi connectivity index (χ4n) is 2.38. The van der Waals surface area contributed by atoms with Crippen molar-refractivity contribution < 1.29 is 9.84 Å². The number of aliphatic hydroxyl groups is 1. The second-order valence-electron chi connectivity index (χ2n) is 4.79. The molecular formula is C13H27NO2. The molecule has 2 N–H and O–H groups in total. The highest BCUT2D eigenvalue weighted by Gasteiger charge is 2.14. The van der Waals surface area contributed by atoms with Gasteiger partial charge in [-0.15, -0.1) is 0 Å². The van der Waals surface area contributed by atoms with Gasteiger partial charge in [-0.2, -0.15) is 0 Å². The zero-order valence-electron chi connectivity index (χ0n) is 10.6. The topological polar surface area (TPSA) is 41.5 Å². The van der Waals surface area contributed by atoms with Crippen molar-refractivity contribution in [3.05, 3.63) is 0 Å². The second-order valence-corrected chi connectivity index (χ2v) is 4.79. The summed E-state index contributed by atoms with van der Waals surface area (Å²) in [6.45, 7) is 5.57. The van der Waals surface area contributed by atoms with Crippen LogP contribution in [0, 0.1) is 5.92 Å². The number of aliphatic hydroxyl groups excluding tert-OH is 1. The van der Waals surface area contributed by atoms with Crippen LogP contribution in [0.5, 0.6) is 0 Å². The van der Waals surface area contributed by atoms with Crippen LogP contribution in [-0.4, -0.2) is 37.5 Å². The quantitative estimate of drug-likeness (QED) is 0.594. The highest BCUT2D eigenvalue weighted by atomic mass is 16.5. The molecule has 1 aliphatic rings. The summed E-state index contributed by atoms with van der Waals surface area (Å²) in [5, 5.41) is 12.4. The Balaban J connectivity index is 1.98. The average molecular weight is 229 g/mol. The van der Waals surface area contributed by atoms with E-state index >= 15 is 0 Å². The molecule has 0 aromatic carbocycles. The summed E-state index contributed by atoms with van der Waals surface area (Å²) in [5.74, 6) is 0.638. The maximum absolute atomic E-state index is 8.94. The number of rotatable bonds is 9. The summed E-state index contributed by atoms with van der Waals surface area (Å²) in [5.41, 5.74) is 0. The molecule has 3 heteroatoms. The van der Waals surface area contributed by atoms with Gasteiger partial charge in [-0.3, -0.25) is 0 Å². The van der Waals surface area contributed by atoms with Gasteiger partial charge < -0.3 is 15.2 Å². The number of ether oxygens (including phenoxy) is 1. The smallest absolute Gasteiger partial charge is 0.0588 e. The van der Waals surface area contributed by atoms with Gasteiger partial charge in [0.1, 0.15) is 0 Å². The van der Waals surface area contributed by atoms with Gasteiger partial charge in [0.2, 0.25) is 0 Å². The van der Waals surface area contributed by atoms with Crippen molar-refractivity contribution in [2.75, 3.05) is 26.3 Å². The summed E-state index contributed by atoms with van der Waals surface area (Å²) in [4.78, 5) is 0. The van der Waals surface area contributed by atoms with E-state index in [1.54, 1.807) is 0 Å². The fraction of sp³-hybridized carbons (Fsp3) is 1.00. The lowest BCUT2D eigenvalue weighted by atomic mass is 10.0. The molecule has 1 rings (SSSR count). The highest BCUT2D eigenvalue weighted by Crippen LogP contribution is 2.14. The third kappa shape index (κ3) is 5.83. The van der Waals surface area contributed by atoms with Crippen molar-refractivity contribution in [1.29, 1.82) is 0 Å². The molecule has 0 aromatic rings. The van der Waals surface area contributed by atoms with Gasteiger partial charge in [0.05, 0.1) is 6.10 Å². The zero-order chi connectivity index (χ0) is 11.6. The summed E-state index contributed by atoms with van der Waals surface area (Å²) in [6, 6.07) is 0. The van der Waals surface area contributed by atoms with Crippen LogP contribution in [0.4, 0.5) is 0 Å². The van der Waals surface area contributed by atoms with E-state index in [1.165, 1.54) is 25.7 Å². The molecule has 0 amide bonds. The average Bonchev–Trinajstić information content (AvgIpc) is 2.78. The van der Waals surface area contributed by atoms with Gasteiger partial charge in [-0.1, -0.05) is 13.3 Å². The maximum Gasteiger partial charge on any atom is 0.0588 e. The van der Waals surface area contributed by atoms with Gasteiger partial charge in [-0.25, -0.2) is 0 Å². The monoisotopic (exact) mass is 229 g/mol. The molecule has 2 unspecified atom stereocenters. The molecule has 0 bridgehead atoms. The van der Waals surface area contributed by atoms with E-state index in [0.29, 0.717) is 18.6 Å². The Morgan fingerprint density at radius 3 is 2.94 bits per heavy atom. The molecule has 96 valence electrons. The van der Waals surface area contributed by atoms with Gasteiger partial charge in [0.25, 0.3) is 0 Å². The first kappa shape index (κ1) is 13.9. The number of hydrogen-bond donors (Lipinski definition) is 2. The largest absolute Gasteiger partial charge is 0.396 e. The molecule has 1 saturated heterocycles. The van der Waals surface area contributed by atoms with Crippen molar-refractivity contribution in [3.8, 4) is 0 Å². The van der Waals surface area contributed by atoms with E-state index in [0.717, 1.165) is 32.5 Å². The molecule has 0 aliphatic carbocycles. The standard InChI is InChI=1S/C13H27NO2/c1-2-4-12(7-9-15)11-14-8-6-13-5-3-10-16-13/h12-15H,2-11H2,1H3. The molecule has 0 radical (unpaired) electrons. The SMILES string of the molecule is CCCC(CCO)CNCCC1CCCO1. The zero-order valence-corrected chi connectivity index (χ0v) is 10.6. The van der Waals surface area contributed by atoms with Crippen LogP contribution in [0.1, 0.15) is 45.4 Å². The van der Waals surface area contributed by atoms with Crippen LogP contribution in [0.25, 0.3) is 0 Å². The first-order valence-corrected chi connectivity index (χ1v) is 6.80. The predicted octanol–water partition coefficient (Wildman–Crippen LogP) is 1.94. The lowest BCUT2D eigenvalue weighted by Crippen LogP contribution is -2.26. The predicted molar refractivity (Wildman–Crippen MR) is 66.6 cm³/mol. The molecule has 16 heavy (non-hydrogen) atoms. The lowest BCUT2D eigenvalue weighted by Gasteiger charge is -2.16. The highest BCUT2D eigenvalue weighted by molar-refractivity contribution is 4.67. The van der Waals surface area contributed by atoms with Gasteiger partial charge in [0.15, 0.2) is 0 Å². The van der Waals surface area contributed by atoms with Crippen molar-refractivity contribution in [1.82, 2.24) is 5.32 Å².